The average Bonchev–Trinajstić information content (AvgIpc) is 2.63. The largest absolute Gasteiger partial charge is 0.327 e. The maximum atomic E-state index is 9.16. The maximum Gasteiger partial charge on any atom is 0.317 e. The molecule has 0 aliphatic heterocycles. The predicted molar refractivity (Wildman–Crippen MR) is 71.6 cm³/mol. The van der Waals surface area contributed by atoms with Crippen molar-refractivity contribution < 1.29 is 8.42 Å². The van der Waals surface area contributed by atoms with E-state index in [1.807, 2.05) is 0 Å². The molecule has 1 aromatic carbocycles. The standard InChI is InChI=1S/C11H15N.Cl2O2S/c12-11-8-4-7-10(11)9-5-2-1-3-6-9;1-5(2,3)4/h1-3,5-6,10-11H,4,7-8,12H2;. The van der Waals surface area contributed by atoms with Gasteiger partial charge in [0.2, 0.25) is 0 Å². The molecule has 1 saturated carbocycles. The van der Waals surface area contributed by atoms with Gasteiger partial charge in [0.05, 0.1) is 0 Å². The summed E-state index contributed by atoms with van der Waals surface area (Å²) in [5, 5.41) is 0. The first kappa shape index (κ1) is 14.8. The second-order valence-corrected chi connectivity index (χ2v) is 7.66. The summed E-state index contributed by atoms with van der Waals surface area (Å²) >= 11 is 0. The van der Waals surface area contributed by atoms with Gasteiger partial charge in [-0.25, -0.2) is 0 Å². The first-order valence-electron chi connectivity index (χ1n) is 5.32. The summed E-state index contributed by atoms with van der Waals surface area (Å²) in [6, 6.07) is 11.0. The van der Waals surface area contributed by atoms with Crippen LogP contribution in [0, 0.1) is 0 Å². The third-order valence-electron chi connectivity index (χ3n) is 2.80. The van der Waals surface area contributed by atoms with Gasteiger partial charge in [-0.2, -0.15) is 8.42 Å². The highest BCUT2D eigenvalue weighted by molar-refractivity contribution is 8.31. The molecule has 0 bridgehead atoms. The van der Waals surface area contributed by atoms with E-state index in [4.69, 9.17) is 14.2 Å². The summed E-state index contributed by atoms with van der Waals surface area (Å²) in [5.41, 5.74) is 7.43. The van der Waals surface area contributed by atoms with E-state index >= 15 is 0 Å². The number of halogens is 2. The minimum Gasteiger partial charge on any atom is -0.327 e. The quantitative estimate of drug-likeness (QED) is 0.810. The second-order valence-electron chi connectivity index (χ2n) is 3.99. The monoisotopic (exact) mass is 295 g/mol. The molecule has 0 saturated heterocycles. The normalized spacial score (nSPS) is 23.9. The van der Waals surface area contributed by atoms with Crippen LogP contribution in [0.5, 0.6) is 0 Å². The van der Waals surface area contributed by atoms with Crippen molar-refractivity contribution in [3.8, 4) is 0 Å². The molecule has 2 N–H and O–H groups in total. The molecule has 0 heterocycles. The molecule has 3 nitrogen and oxygen atoms in total. The Labute approximate surface area is 111 Å². The van der Waals surface area contributed by atoms with E-state index < -0.39 is 8.26 Å². The highest BCUT2D eigenvalue weighted by Crippen LogP contribution is 2.32. The molecule has 1 fully saturated rings. The molecular formula is C11H15Cl2NO2S. The van der Waals surface area contributed by atoms with E-state index in [0.29, 0.717) is 12.0 Å². The SMILES string of the molecule is NC1CCCC1c1ccccc1.O=S(=O)(Cl)Cl. The number of rotatable bonds is 1. The molecule has 0 radical (unpaired) electrons. The van der Waals surface area contributed by atoms with Crippen LogP contribution in [0.15, 0.2) is 30.3 Å². The average molecular weight is 296 g/mol. The second kappa shape index (κ2) is 6.59. The van der Waals surface area contributed by atoms with Gasteiger partial charge in [0.25, 0.3) is 0 Å². The van der Waals surface area contributed by atoms with E-state index in [9.17, 15) is 0 Å². The summed E-state index contributed by atoms with van der Waals surface area (Å²) in [6.07, 6.45) is 3.76. The Morgan fingerprint density at radius 1 is 1.12 bits per heavy atom. The minimum atomic E-state index is -3.72. The fraction of sp³-hybridized carbons (Fsp3) is 0.455. The lowest BCUT2D eigenvalue weighted by Crippen LogP contribution is -2.22. The van der Waals surface area contributed by atoms with Gasteiger partial charge in [-0.3, -0.25) is 0 Å². The Hall–Kier alpha value is -0.290. The Kier molecular flexibility index (Phi) is 5.73. The van der Waals surface area contributed by atoms with Crippen molar-refractivity contribution in [1.82, 2.24) is 0 Å². The van der Waals surface area contributed by atoms with Crippen LogP contribution in [0.2, 0.25) is 0 Å². The van der Waals surface area contributed by atoms with E-state index in [1.54, 1.807) is 0 Å². The molecule has 1 aromatic rings. The summed E-state index contributed by atoms with van der Waals surface area (Å²) in [6.45, 7) is 0. The first-order chi connectivity index (χ1) is 7.88. The van der Waals surface area contributed by atoms with Crippen LogP contribution in [-0.4, -0.2) is 14.5 Å². The lowest BCUT2D eigenvalue weighted by molar-refractivity contribution is 0.613. The molecular weight excluding hydrogens is 281 g/mol. The predicted octanol–water partition coefficient (Wildman–Crippen LogP) is 2.99. The molecule has 0 amide bonds. The van der Waals surface area contributed by atoms with Gasteiger partial charge < -0.3 is 5.73 Å². The van der Waals surface area contributed by atoms with Crippen molar-refractivity contribution in [1.29, 1.82) is 0 Å². The van der Waals surface area contributed by atoms with Gasteiger partial charge in [0.15, 0.2) is 0 Å². The van der Waals surface area contributed by atoms with Crippen molar-refractivity contribution in [2.75, 3.05) is 0 Å². The lowest BCUT2D eigenvalue weighted by Gasteiger charge is -2.14. The van der Waals surface area contributed by atoms with E-state index in [0.717, 1.165) is 0 Å². The van der Waals surface area contributed by atoms with Crippen molar-refractivity contribution in [3.05, 3.63) is 35.9 Å². The molecule has 0 aromatic heterocycles. The fourth-order valence-electron chi connectivity index (χ4n) is 2.10. The third kappa shape index (κ3) is 6.27. The Balaban J connectivity index is 0.000000249. The zero-order valence-electron chi connectivity index (χ0n) is 9.22. The van der Waals surface area contributed by atoms with Gasteiger partial charge in [-0.1, -0.05) is 36.8 Å². The highest BCUT2D eigenvalue weighted by atomic mass is 36.0. The van der Waals surface area contributed by atoms with Crippen molar-refractivity contribution in [3.63, 3.8) is 0 Å². The Morgan fingerprint density at radius 2 is 1.65 bits per heavy atom. The van der Waals surface area contributed by atoms with Crippen molar-refractivity contribution in [2.24, 2.45) is 5.73 Å². The topological polar surface area (TPSA) is 60.2 Å². The van der Waals surface area contributed by atoms with Crippen LogP contribution in [0.1, 0.15) is 30.7 Å². The van der Waals surface area contributed by atoms with Crippen LogP contribution < -0.4 is 5.73 Å². The zero-order valence-corrected chi connectivity index (χ0v) is 11.5. The van der Waals surface area contributed by atoms with Crippen LogP contribution >= 0.6 is 21.4 Å². The number of hydrogen-bond donors (Lipinski definition) is 1. The molecule has 2 rings (SSSR count). The van der Waals surface area contributed by atoms with Crippen LogP contribution in [0.25, 0.3) is 0 Å². The molecule has 1 aliphatic rings. The van der Waals surface area contributed by atoms with E-state index in [-0.39, 0.29) is 0 Å². The van der Waals surface area contributed by atoms with Gasteiger partial charge in [-0.15, -0.1) is 0 Å². The molecule has 2 atom stereocenters. The van der Waals surface area contributed by atoms with Gasteiger partial charge in [0, 0.05) is 27.4 Å². The lowest BCUT2D eigenvalue weighted by atomic mass is 9.95. The molecule has 6 heteroatoms. The van der Waals surface area contributed by atoms with E-state index in [2.05, 4.69) is 51.7 Å². The van der Waals surface area contributed by atoms with Crippen molar-refractivity contribution in [2.45, 2.75) is 31.2 Å². The molecule has 2 unspecified atom stereocenters. The third-order valence-corrected chi connectivity index (χ3v) is 2.80. The summed E-state index contributed by atoms with van der Waals surface area (Å²) in [7, 11) is 4.81. The number of nitrogens with two attached hydrogens (primary N) is 1. The van der Waals surface area contributed by atoms with Crippen LogP contribution in [0.3, 0.4) is 0 Å². The summed E-state index contributed by atoms with van der Waals surface area (Å²) in [4.78, 5) is 0. The first-order valence-corrected chi connectivity index (χ1v) is 8.46. The van der Waals surface area contributed by atoms with Crippen LogP contribution in [0.4, 0.5) is 0 Å². The Bertz CT molecular complexity index is 428. The molecule has 0 spiro atoms. The van der Waals surface area contributed by atoms with E-state index in [1.165, 1.54) is 24.8 Å². The zero-order chi connectivity index (χ0) is 12.9. The maximum absolute atomic E-state index is 9.16. The summed E-state index contributed by atoms with van der Waals surface area (Å²) < 4.78 is 18.3. The van der Waals surface area contributed by atoms with Gasteiger partial charge >= 0.3 is 8.26 Å². The Morgan fingerprint density at radius 3 is 2.06 bits per heavy atom. The van der Waals surface area contributed by atoms with Gasteiger partial charge in [0.1, 0.15) is 0 Å². The van der Waals surface area contributed by atoms with Gasteiger partial charge in [-0.05, 0) is 24.3 Å². The molecule has 96 valence electrons. The number of hydrogen-bond acceptors (Lipinski definition) is 3. The van der Waals surface area contributed by atoms with Crippen molar-refractivity contribution >= 4 is 29.6 Å². The minimum absolute atomic E-state index is 0.396. The highest BCUT2D eigenvalue weighted by Gasteiger charge is 2.24. The molecule has 17 heavy (non-hydrogen) atoms. The fourth-order valence-corrected chi connectivity index (χ4v) is 2.10. The number of benzene rings is 1. The molecule has 1 aliphatic carbocycles. The van der Waals surface area contributed by atoms with Crippen LogP contribution in [-0.2, 0) is 8.26 Å². The summed E-state index contributed by atoms with van der Waals surface area (Å²) in [5.74, 6) is 0.617. The smallest absolute Gasteiger partial charge is 0.317 e.